The molecule has 4 heteroatoms. The summed E-state index contributed by atoms with van der Waals surface area (Å²) in [6, 6.07) is 0. The third kappa shape index (κ3) is 1.85. The highest BCUT2D eigenvalue weighted by molar-refractivity contribution is 7.53. The summed E-state index contributed by atoms with van der Waals surface area (Å²) < 4.78 is 15.4. The van der Waals surface area contributed by atoms with E-state index in [1.165, 1.54) is 0 Å². The summed E-state index contributed by atoms with van der Waals surface area (Å²) >= 11 is 0. The molecule has 10 heavy (non-hydrogen) atoms. The van der Waals surface area contributed by atoms with Crippen LogP contribution in [-0.2, 0) is 9.09 Å². The quantitative estimate of drug-likeness (QED) is 0.422. The fraction of sp³-hybridized carbons (Fsp3) is 0.667. The summed E-state index contributed by atoms with van der Waals surface area (Å²) in [6.45, 7) is 2.01. The van der Waals surface area contributed by atoms with E-state index in [-0.39, 0.29) is 12.1 Å². The second kappa shape index (κ2) is 2.75. The molecule has 1 fully saturated rings. The van der Waals surface area contributed by atoms with Crippen LogP contribution in [-0.4, -0.2) is 17.7 Å². The van der Waals surface area contributed by atoms with Gasteiger partial charge in [0, 0.05) is 0 Å². The first-order valence-corrected chi connectivity index (χ1v) is 4.79. The Bertz CT molecular complexity index is 225. The Morgan fingerprint density at radius 3 is 2.90 bits per heavy atom. The zero-order valence-corrected chi connectivity index (χ0v) is 6.60. The average Bonchev–Trinajstić information content (AvgIpc) is 2.12. The van der Waals surface area contributed by atoms with Crippen LogP contribution in [0.2, 0.25) is 0 Å². The molecule has 1 rings (SSSR count). The van der Waals surface area contributed by atoms with Gasteiger partial charge in [0.15, 0.2) is 0 Å². The first-order chi connectivity index (χ1) is 4.64. The number of hydrogen-bond donors (Lipinski definition) is 1. The van der Waals surface area contributed by atoms with Gasteiger partial charge in [0.2, 0.25) is 0 Å². The van der Waals surface area contributed by atoms with Gasteiger partial charge in [0.05, 0.1) is 18.7 Å². The van der Waals surface area contributed by atoms with Gasteiger partial charge in [0.25, 0.3) is 0 Å². The molecule has 0 aromatic heterocycles. The van der Waals surface area contributed by atoms with Crippen LogP contribution < -0.4 is 0 Å². The minimum atomic E-state index is -3.23. The molecule has 0 spiro atoms. The fourth-order valence-electron chi connectivity index (χ4n) is 0.882. The predicted octanol–water partition coefficient (Wildman–Crippen LogP) is 0.841. The van der Waals surface area contributed by atoms with Gasteiger partial charge < -0.3 is 9.42 Å². The number of hydrogen-bond acceptors (Lipinski definition) is 2. The zero-order chi connectivity index (χ0) is 7.61. The molecule has 1 aliphatic heterocycles. The molecular weight excluding hydrogens is 151 g/mol. The smallest absolute Gasteiger partial charge is 0.324 e. The fourth-order valence-corrected chi connectivity index (χ4v) is 2.15. The van der Waals surface area contributed by atoms with Crippen molar-refractivity contribution in [3.05, 3.63) is 0 Å². The Morgan fingerprint density at radius 2 is 2.50 bits per heavy atom. The van der Waals surface area contributed by atoms with Crippen LogP contribution >= 0.6 is 7.60 Å². The van der Waals surface area contributed by atoms with Crippen LogP contribution in [0.1, 0.15) is 6.92 Å². The molecule has 1 heterocycles. The van der Waals surface area contributed by atoms with Crippen LogP contribution in [0, 0.1) is 17.8 Å². The van der Waals surface area contributed by atoms with Gasteiger partial charge in [-0.25, -0.2) is 0 Å². The van der Waals surface area contributed by atoms with Crippen molar-refractivity contribution in [2.45, 2.75) is 6.92 Å². The molecule has 0 bridgehead atoms. The lowest BCUT2D eigenvalue weighted by molar-refractivity contribution is 0.286. The summed E-state index contributed by atoms with van der Waals surface area (Å²) in [5.74, 6) is 5.44. The molecular formula is C6H9O3P. The van der Waals surface area contributed by atoms with Crippen LogP contribution in [0.3, 0.4) is 0 Å². The molecule has 1 saturated heterocycles. The van der Waals surface area contributed by atoms with Crippen molar-refractivity contribution < 1.29 is 14.0 Å². The second-order valence-electron chi connectivity index (χ2n) is 2.21. The summed E-state index contributed by atoms with van der Waals surface area (Å²) in [6.07, 6.45) is 0.188. The van der Waals surface area contributed by atoms with Gasteiger partial charge >= 0.3 is 7.60 Å². The van der Waals surface area contributed by atoms with E-state index in [1.54, 1.807) is 6.92 Å². The average molecular weight is 160 g/mol. The minimum Gasteiger partial charge on any atom is -0.324 e. The van der Waals surface area contributed by atoms with E-state index < -0.39 is 7.60 Å². The summed E-state index contributed by atoms with van der Waals surface area (Å²) in [5, 5.41) is 0. The summed E-state index contributed by atoms with van der Waals surface area (Å²) in [5.41, 5.74) is 0. The molecule has 2 unspecified atom stereocenters. The molecule has 1 aliphatic rings. The second-order valence-corrected chi connectivity index (χ2v) is 4.11. The minimum absolute atomic E-state index is 0.0409. The van der Waals surface area contributed by atoms with Crippen molar-refractivity contribution >= 4 is 7.60 Å². The molecule has 0 radical (unpaired) electrons. The molecule has 0 aromatic carbocycles. The molecule has 0 amide bonds. The van der Waals surface area contributed by atoms with Crippen LogP contribution in [0.15, 0.2) is 0 Å². The van der Waals surface area contributed by atoms with Crippen molar-refractivity contribution in [1.82, 2.24) is 0 Å². The molecule has 3 nitrogen and oxygen atoms in total. The molecule has 0 aromatic rings. The Kier molecular flexibility index (Phi) is 2.15. The third-order valence-corrected chi connectivity index (χ3v) is 2.73. The normalized spacial score (nSPS) is 38.8. The lowest BCUT2D eigenvalue weighted by atomic mass is 10.2. The first-order valence-electron chi connectivity index (χ1n) is 3.03. The van der Waals surface area contributed by atoms with Gasteiger partial charge in [-0.05, 0) is 6.92 Å². The standard InChI is InChI=1S/C6H9O3P/c1-2-3-6-4-9-10(7,8)5-6/h6H,4-5H2,1H3,(H,7,8). The number of rotatable bonds is 0. The Labute approximate surface area is 59.9 Å². The van der Waals surface area contributed by atoms with Gasteiger partial charge in [-0.2, -0.15) is 0 Å². The van der Waals surface area contributed by atoms with Crippen LogP contribution in [0.5, 0.6) is 0 Å². The maximum Gasteiger partial charge on any atom is 0.329 e. The third-order valence-electron chi connectivity index (χ3n) is 1.28. The highest BCUT2D eigenvalue weighted by atomic mass is 31.2. The molecule has 0 aliphatic carbocycles. The highest BCUT2D eigenvalue weighted by Gasteiger charge is 2.32. The topological polar surface area (TPSA) is 46.5 Å². The maximum atomic E-state index is 10.8. The molecule has 2 atom stereocenters. The largest absolute Gasteiger partial charge is 0.329 e. The van der Waals surface area contributed by atoms with Crippen molar-refractivity contribution in [3.8, 4) is 11.8 Å². The summed E-state index contributed by atoms with van der Waals surface area (Å²) in [4.78, 5) is 8.86. The van der Waals surface area contributed by atoms with E-state index in [0.29, 0.717) is 6.61 Å². The predicted molar refractivity (Wildman–Crippen MR) is 37.6 cm³/mol. The summed E-state index contributed by atoms with van der Waals surface area (Å²) in [7, 11) is -3.23. The van der Waals surface area contributed by atoms with Gasteiger partial charge in [0.1, 0.15) is 0 Å². The van der Waals surface area contributed by atoms with E-state index in [2.05, 4.69) is 16.4 Å². The Balaban J connectivity index is 2.57. The van der Waals surface area contributed by atoms with Crippen molar-refractivity contribution in [1.29, 1.82) is 0 Å². The first kappa shape index (κ1) is 7.81. The van der Waals surface area contributed by atoms with Crippen molar-refractivity contribution in [2.24, 2.45) is 5.92 Å². The monoisotopic (exact) mass is 160 g/mol. The van der Waals surface area contributed by atoms with E-state index in [0.717, 1.165) is 0 Å². The Hall–Kier alpha value is -0.290. The highest BCUT2D eigenvalue weighted by Crippen LogP contribution is 2.49. The van der Waals surface area contributed by atoms with Crippen LogP contribution in [0.4, 0.5) is 0 Å². The van der Waals surface area contributed by atoms with Crippen molar-refractivity contribution in [2.75, 3.05) is 12.8 Å². The van der Waals surface area contributed by atoms with E-state index in [9.17, 15) is 4.57 Å². The molecule has 56 valence electrons. The Morgan fingerprint density at radius 1 is 1.80 bits per heavy atom. The SMILES string of the molecule is CC#CC1COP(=O)(O)C1. The van der Waals surface area contributed by atoms with E-state index in [4.69, 9.17) is 4.89 Å². The van der Waals surface area contributed by atoms with Crippen LogP contribution in [0.25, 0.3) is 0 Å². The van der Waals surface area contributed by atoms with Gasteiger partial charge in [-0.15, -0.1) is 5.92 Å². The zero-order valence-electron chi connectivity index (χ0n) is 5.70. The van der Waals surface area contributed by atoms with E-state index in [1.807, 2.05) is 0 Å². The lowest BCUT2D eigenvalue weighted by Gasteiger charge is -1.96. The molecule has 1 N–H and O–H groups in total. The maximum absolute atomic E-state index is 10.8. The van der Waals surface area contributed by atoms with Gasteiger partial charge in [-0.3, -0.25) is 4.57 Å². The van der Waals surface area contributed by atoms with Crippen molar-refractivity contribution in [3.63, 3.8) is 0 Å². The molecule has 0 saturated carbocycles. The van der Waals surface area contributed by atoms with E-state index >= 15 is 0 Å². The lowest BCUT2D eigenvalue weighted by Crippen LogP contribution is -1.97. The van der Waals surface area contributed by atoms with Gasteiger partial charge in [-0.1, -0.05) is 5.92 Å².